The van der Waals surface area contributed by atoms with Crippen LogP contribution in [0.25, 0.3) is 0 Å². The first-order valence-electron chi connectivity index (χ1n) is 6.44. The second kappa shape index (κ2) is 8.16. The van der Waals surface area contributed by atoms with E-state index < -0.39 is 11.6 Å². The van der Waals surface area contributed by atoms with Crippen LogP contribution in [0.1, 0.15) is 44.2 Å². The van der Waals surface area contributed by atoms with Crippen molar-refractivity contribution < 1.29 is 13.9 Å². The zero-order chi connectivity index (χ0) is 13.4. The number of aliphatic hydroxyl groups excluding tert-OH is 1. The van der Waals surface area contributed by atoms with E-state index in [4.69, 9.17) is 5.11 Å². The molecule has 1 aromatic carbocycles. The van der Waals surface area contributed by atoms with Gasteiger partial charge in [0.05, 0.1) is 0 Å². The lowest BCUT2D eigenvalue weighted by molar-refractivity contribution is 0.282. The van der Waals surface area contributed by atoms with Gasteiger partial charge in [-0.15, -0.1) is 0 Å². The van der Waals surface area contributed by atoms with Crippen LogP contribution >= 0.6 is 0 Å². The largest absolute Gasteiger partial charge is 0.396 e. The predicted molar refractivity (Wildman–Crippen MR) is 68.3 cm³/mol. The monoisotopic (exact) mass is 257 g/mol. The number of aliphatic hydroxyl groups is 1. The molecule has 2 N–H and O–H groups in total. The SMILES string of the molecule is CC(NCCCCCCO)c1ccc(F)cc1F. The first kappa shape index (κ1) is 15.1. The van der Waals surface area contributed by atoms with Gasteiger partial charge in [0.15, 0.2) is 0 Å². The quantitative estimate of drug-likeness (QED) is 0.701. The molecule has 0 fully saturated rings. The van der Waals surface area contributed by atoms with E-state index in [1.165, 1.54) is 12.1 Å². The Hall–Kier alpha value is -1.00. The minimum absolute atomic E-state index is 0.122. The van der Waals surface area contributed by atoms with Crippen LogP contribution in [0.3, 0.4) is 0 Å². The molecule has 0 aromatic heterocycles. The van der Waals surface area contributed by atoms with Crippen LogP contribution < -0.4 is 5.32 Å². The molecule has 0 heterocycles. The maximum absolute atomic E-state index is 13.5. The average molecular weight is 257 g/mol. The van der Waals surface area contributed by atoms with Gasteiger partial charge < -0.3 is 10.4 Å². The lowest BCUT2D eigenvalue weighted by Crippen LogP contribution is -2.20. The Kier molecular flexibility index (Phi) is 6.83. The average Bonchev–Trinajstić information content (AvgIpc) is 2.33. The van der Waals surface area contributed by atoms with Gasteiger partial charge in [-0.2, -0.15) is 0 Å². The standard InChI is InChI=1S/C14H21F2NO/c1-11(17-8-4-2-3-5-9-18)13-7-6-12(15)10-14(13)16/h6-7,10-11,17-18H,2-5,8-9H2,1H3. The first-order chi connectivity index (χ1) is 8.65. The molecule has 0 saturated heterocycles. The van der Waals surface area contributed by atoms with Crippen LogP contribution in [0.4, 0.5) is 8.78 Å². The normalized spacial score (nSPS) is 12.7. The molecule has 0 spiro atoms. The molecule has 0 aliphatic rings. The highest BCUT2D eigenvalue weighted by Crippen LogP contribution is 2.17. The summed E-state index contributed by atoms with van der Waals surface area (Å²) in [6.45, 7) is 2.90. The summed E-state index contributed by atoms with van der Waals surface area (Å²) in [6, 6.07) is 3.55. The van der Waals surface area contributed by atoms with Gasteiger partial charge in [0.25, 0.3) is 0 Å². The Bertz CT molecular complexity index is 358. The predicted octanol–water partition coefficient (Wildman–Crippen LogP) is 3.17. The minimum atomic E-state index is -0.549. The molecule has 0 aliphatic carbocycles. The van der Waals surface area contributed by atoms with E-state index in [1.807, 2.05) is 6.92 Å². The van der Waals surface area contributed by atoms with E-state index in [0.717, 1.165) is 38.3 Å². The number of hydrogen-bond donors (Lipinski definition) is 2. The maximum atomic E-state index is 13.5. The molecule has 1 unspecified atom stereocenters. The minimum Gasteiger partial charge on any atom is -0.396 e. The van der Waals surface area contributed by atoms with Gasteiger partial charge in [0, 0.05) is 24.3 Å². The Morgan fingerprint density at radius 3 is 2.56 bits per heavy atom. The molecular weight excluding hydrogens is 236 g/mol. The number of halogens is 2. The van der Waals surface area contributed by atoms with Gasteiger partial charge in [-0.3, -0.25) is 0 Å². The number of rotatable bonds is 8. The third-order valence-electron chi connectivity index (χ3n) is 2.96. The van der Waals surface area contributed by atoms with Crippen molar-refractivity contribution in [1.82, 2.24) is 5.32 Å². The number of nitrogens with one attached hydrogen (secondary N) is 1. The van der Waals surface area contributed by atoms with Crippen LogP contribution in [0, 0.1) is 11.6 Å². The highest BCUT2D eigenvalue weighted by molar-refractivity contribution is 5.21. The van der Waals surface area contributed by atoms with Gasteiger partial charge in [0.2, 0.25) is 0 Å². The van der Waals surface area contributed by atoms with E-state index in [2.05, 4.69) is 5.32 Å². The van der Waals surface area contributed by atoms with Crippen molar-refractivity contribution in [1.29, 1.82) is 0 Å². The number of benzene rings is 1. The summed E-state index contributed by atoms with van der Waals surface area (Å²) in [5, 5.41) is 11.8. The van der Waals surface area contributed by atoms with Gasteiger partial charge in [-0.05, 0) is 32.4 Å². The molecule has 2 nitrogen and oxygen atoms in total. The molecule has 1 atom stereocenters. The fraction of sp³-hybridized carbons (Fsp3) is 0.571. The Morgan fingerprint density at radius 2 is 1.89 bits per heavy atom. The van der Waals surface area contributed by atoms with Crippen LogP contribution in [0.5, 0.6) is 0 Å². The first-order valence-corrected chi connectivity index (χ1v) is 6.44. The summed E-state index contributed by atoms with van der Waals surface area (Å²) in [7, 11) is 0. The molecule has 0 saturated carbocycles. The molecule has 102 valence electrons. The van der Waals surface area contributed by atoms with Crippen molar-refractivity contribution in [2.24, 2.45) is 0 Å². The van der Waals surface area contributed by atoms with E-state index >= 15 is 0 Å². The molecule has 1 rings (SSSR count). The molecule has 0 radical (unpaired) electrons. The van der Waals surface area contributed by atoms with Crippen LogP contribution in [0.15, 0.2) is 18.2 Å². The number of hydrogen-bond acceptors (Lipinski definition) is 2. The second-order valence-electron chi connectivity index (χ2n) is 4.48. The maximum Gasteiger partial charge on any atom is 0.130 e. The Morgan fingerprint density at radius 1 is 1.17 bits per heavy atom. The summed E-state index contributed by atoms with van der Waals surface area (Å²) in [6.07, 6.45) is 3.89. The van der Waals surface area contributed by atoms with Crippen molar-refractivity contribution >= 4 is 0 Å². The fourth-order valence-corrected chi connectivity index (χ4v) is 1.87. The molecule has 0 aliphatic heterocycles. The summed E-state index contributed by atoms with van der Waals surface area (Å²) in [5.74, 6) is -1.05. The van der Waals surface area contributed by atoms with Crippen molar-refractivity contribution in [2.45, 2.75) is 38.6 Å². The smallest absolute Gasteiger partial charge is 0.130 e. The Labute approximate surface area is 107 Å². The fourth-order valence-electron chi connectivity index (χ4n) is 1.87. The van der Waals surface area contributed by atoms with Crippen LogP contribution in [-0.4, -0.2) is 18.3 Å². The van der Waals surface area contributed by atoms with E-state index in [0.29, 0.717) is 5.56 Å². The second-order valence-corrected chi connectivity index (χ2v) is 4.48. The summed E-state index contributed by atoms with van der Waals surface area (Å²) in [4.78, 5) is 0. The van der Waals surface area contributed by atoms with Gasteiger partial charge in [0.1, 0.15) is 11.6 Å². The Balaban J connectivity index is 2.29. The van der Waals surface area contributed by atoms with Crippen molar-refractivity contribution in [3.8, 4) is 0 Å². The van der Waals surface area contributed by atoms with Gasteiger partial charge in [-0.1, -0.05) is 18.9 Å². The zero-order valence-electron chi connectivity index (χ0n) is 10.8. The highest BCUT2D eigenvalue weighted by Gasteiger charge is 2.10. The molecular formula is C14H21F2NO. The van der Waals surface area contributed by atoms with Gasteiger partial charge >= 0.3 is 0 Å². The molecule has 18 heavy (non-hydrogen) atoms. The number of unbranched alkanes of at least 4 members (excludes halogenated alkanes) is 3. The lowest BCUT2D eigenvalue weighted by Gasteiger charge is -2.15. The van der Waals surface area contributed by atoms with E-state index in [1.54, 1.807) is 0 Å². The molecule has 1 aromatic rings. The molecule has 0 bridgehead atoms. The van der Waals surface area contributed by atoms with E-state index in [9.17, 15) is 8.78 Å². The highest BCUT2D eigenvalue weighted by atomic mass is 19.1. The van der Waals surface area contributed by atoms with Crippen LogP contribution in [-0.2, 0) is 0 Å². The van der Waals surface area contributed by atoms with Crippen molar-refractivity contribution in [2.75, 3.05) is 13.2 Å². The molecule has 0 amide bonds. The third-order valence-corrected chi connectivity index (χ3v) is 2.96. The summed E-state index contributed by atoms with van der Waals surface area (Å²) < 4.78 is 26.2. The third kappa shape index (κ3) is 5.10. The van der Waals surface area contributed by atoms with Crippen molar-refractivity contribution in [3.05, 3.63) is 35.4 Å². The molecule has 4 heteroatoms. The van der Waals surface area contributed by atoms with Gasteiger partial charge in [-0.25, -0.2) is 8.78 Å². The topological polar surface area (TPSA) is 32.3 Å². The van der Waals surface area contributed by atoms with Crippen molar-refractivity contribution in [3.63, 3.8) is 0 Å². The summed E-state index contributed by atoms with van der Waals surface area (Å²) >= 11 is 0. The van der Waals surface area contributed by atoms with Crippen LogP contribution in [0.2, 0.25) is 0 Å². The lowest BCUT2D eigenvalue weighted by atomic mass is 10.1. The zero-order valence-corrected chi connectivity index (χ0v) is 10.8. The summed E-state index contributed by atoms with van der Waals surface area (Å²) in [5.41, 5.74) is 0.492. The van der Waals surface area contributed by atoms with E-state index in [-0.39, 0.29) is 12.6 Å².